The predicted molar refractivity (Wildman–Crippen MR) is 68.6 cm³/mol. The third-order valence-corrected chi connectivity index (χ3v) is 4.08. The quantitative estimate of drug-likeness (QED) is 0.539. The Kier molecular flexibility index (Phi) is 6.41. The van der Waals surface area contributed by atoms with Crippen molar-refractivity contribution in [1.29, 1.82) is 0 Å². The number of hydrogen-bond acceptors (Lipinski definition) is 0. The maximum Gasteiger partial charge on any atom is 0.0134 e. The van der Waals surface area contributed by atoms with Crippen molar-refractivity contribution in [2.75, 3.05) is 10.7 Å². The lowest BCUT2D eigenvalue weighted by Crippen LogP contribution is -2.03. The zero-order valence-corrected chi connectivity index (χ0v) is 11.3. The fourth-order valence-corrected chi connectivity index (χ4v) is 2.14. The fourth-order valence-electron chi connectivity index (χ4n) is 1.23. The zero-order chi connectivity index (χ0) is 10.2. The lowest BCUT2D eigenvalue weighted by atomic mass is 10.00. The summed E-state index contributed by atoms with van der Waals surface area (Å²) < 4.78 is 0. The molecule has 0 aromatic rings. The van der Waals surface area contributed by atoms with Crippen LogP contribution in [-0.2, 0) is 0 Å². The highest BCUT2D eigenvalue weighted by Gasteiger charge is 2.06. The number of halogens is 2. The molecule has 0 radical (unpaired) electrons. The van der Waals surface area contributed by atoms with Crippen LogP contribution in [0.4, 0.5) is 0 Å². The number of alkyl halides is 2. The summed E-state index contributed by atoms with van der Waals surface area (Å²) in [5.41, 5.74) is 0. The van der Waals surface area contributed by atoms with Crippen LogP contribution in [-0.4, -0.2) is 10.7 Å². The molecule has 0 amide bonds. The monoisotopic (exact) mass is 316 g/mol. The van der Waals surface area contributed by atoms with E-state index in [-0.39, 0.29) is 0 Å². The molecule has 0 fully saturated rings. The lowest BCUT2D eigenvalue weighted by molar-refractivity contribution is 0.618. The van der Waals surface area contributed by atoms with Gasteiger partial charge in [-0.2, -0.15) is 0 Å². The van der Waals surface area contributed by atoms with Gasteiger partial charge in [-0.05, 0) is 11.8 Å². The van der Waals surface area contributed by atoms with E-state index >= 15 is 0 Å². The third kappa shape index (κ3) is 4.54. The molecule has 0 unspecified atom stereocenters. The van der Waals surface area contributed by atoms with Crippen LogP contribution in [0.25, 0.3) is 0 Å². The van der Waals surface area contributed by atoms with Gasteiger partial charge < -0.3 is 0 Å². The molecule has 1 rings (SSSR count). The second kappa shape index (κ2) is 7.38. The standard InChI is InChI=1S/C12H14Br2/c13-9-11-5-1-2-6-12(10-14)8-4-3-7-11/h11-12H,5-10H2. The average molecular weight is 318 g/mol. The first-order chi connectivity index (χ1) is 6.86. The summed E-state index contributed by atoms with van der Waals surface area (Å²) in [6.45, 7) is 0. The summed E-state index contributed by atoms with van der Waals surface area (Å²) >= 11 is 7.00. The molecule has 0 bridgehead atoms. The Morgan fingerprint density at radius 1 is 0.714 bits per heavy atom. The normalized spacial score (nSPS) is 26.7. The maximum atomic E-state index is 3.50. The van der Waals surface area contributed by atoms with E-state index in [0.29, 0.717) is 11.8 Å². The van der Waals surface area contributed by atoms with E-state index in [1.165, 1.54) is 0 Å². The van der Waals surface area contributed by atoms with Crippen molar-refractivity contribution >= 4 is 31.9 Å². The SMILES string of the molecule is BrCC1CC#CCC(CBr)CC#CC1. The van der Waals surface area contributed by atoms with E-state index in [1.807, 2.05) is 0 Å². The van der Waals surface area contributed by atoms with E-state index in [1.54, 1.807) is 0 Å². The van der Waals surface area contributed by atoms with Crippen LogP contribution in [0.2, 0.25) is 0 Å². The average Bonchev–Trinajstić information content (AvgIpc) is 2.25. The van der Waals surface area contributed by atoms with Crippen molar-refractivity contribution < 1.29 is 0 Å². The van der Waals surface area contributed by atoms with Gasteiger partial charge in [0, 0.05) is 36.3 Å². The summed E-state index contributed by atoms with van der Waals surface area (Å²) in [5.74, 6) is 14.2. The Labute approximate surface area is 103 Å². The highest BCUT2D eigenvalue weighted by Crippen LogP contribution is 2.14. The molecule has 0 heterocycles. The Morgan fingerprint density at radius 3 is 1.21 bits per heavy atom. The number of rotatable bonds is 2. The molecule has 1 aliphatic carbocycles. The molecule has 0 saturated carbocycles. The van der Waals surface area contributed by atoms with E-state index < -0.39 is 0 Å². The molecule has 2 heteroatoms. The Bertz CT molecular complexity index is 224. The highest BCUT2D eigenvalue weighted by atomic mass is 79.9. The second-order valence-corrected chi connectivity index (χ2v) is 4.86. The van der Waals surface area contributed by atoms with Crippen LogP contribution in [0.15, 0.2) is 0 Å². The summed E-state index contributed by atoms with van der Waals surface area (Å²) in [6, 6.07) is 0. The minimum absolute atomic E-state index is 0.607. The van der Waals surface area contributed by atoms with E-state index in [9.17, 15) is 0 Å². The minimum atomic E-state index is 0.607. The maximum absolute atomic E-state index is 3.50. The molecule has 14 heavy (non-hydrogen) atoms. The Morgan fingerprint density at radius 2 is 1.00 bits per heavy atom. The van der Waals surface area contributed by atoms with E-state index in [2.05, 4.69) is 55.5 Å². The number of hydrogen-bond donors (Lipinski definition) is 0. The first-order valence-electron chi connectivity index (χ1n) is 4.90. The van der Waals surface area contributed by atoms with Crippen LogP contribution >= 0.6 is 31.9 Å². The van der Waals surface area contributed by atoms with Gasteiger partial charge in [-0.1, -0.05) is 31.9 Å². The molecule has 0 aliphatic heterocycles. The van der Waals surface area contributed by atoms with Gasteiger partial charge in [0.25, 0.3) is 0 Å². The predicted octanol–water partition coefficient (Wildman–Crippen LogP) is 3.59. The lowest BCUT2D eigenvalue weighted by Gasteiger charge is -2.08. The van der Waals surface area contributed by atoms with E-state index in [4.69, 9.17) is 0 Å². The van der Waals surface area contributed by atoms with Gasteiger partial charge in [0.15, 0.2) is 0 Å². The molecular weight excluding hydrogens is 304 g/mol. The zero-order valence-electron chi connectivity index (χ0n) is 8.15. The summed E-state index contributed by atoms with van der Waals surface area (Å²) in [7, 11) is 0. The van der Waals surface area contributed by atoms with Crippen molar-refractivity contribution in [3.8, 4) is 23.7 Å². The molecular formula is C12H14Br2. The van der Waals surface area contributed by atoms with Gasteiger partial charge in [-0.3, -0.25) is 0 Å². The van der Waals surface area contributed by atoms with E-state index in [0.717, 1.165) is 36.3 Å². The van der Waals surface area contributed by atoms with Crippen LogP contribution in [0.5, 0.6) is 0 Å². The van der Waals surface area contributed by atoms with Gasteiger partial charge in [0.2, 0.25) is 0 Å². The largest absolute Gasteiger partial charge is 0.103 e. The molecule has 0 aromatic heterocycles. The molecule has 0 spiro atoms. The Balaban J connectivity index is 2.54. The van der Waals surface area contributed by atoms with Crippen molar-refractivity contribution in [2.45, 2.75) is 25.7 Å². The summed E-state index contributed by atoms with van der Waals surface area (Å²) in [5, 5.41) is 2.02. The molecule has 0 saturated heterocycles. The molecule has 0 nitrogen and oxygen atoms in total. The second-order valence-electron chi connectivity index (χ2n) is 3.56. The smallest absolute Gasteiger partial charge is 0.0134 e. The van der Waals surface area contributed by atoms with Crippen LogP contribution in [0.1, 0.15) is 25.7 Å². The van der Waals surface area contributed by atoms with Crippen molar-refractivity contribution in [2.24, 2.45) is 11.8 Å². The van der Waals surface area contributed by atoms with Crippen LogP contribution in [0.3, 0.4) is 0 Å². The Hall–Kier alpha value is 0.0800. The molecule has 0 aromatic carbocycles. The van der Waals surface area contributed by atoms with Gasteiger partial charge >= 0.3 is 0 Å². The third-order valence-electron chi connectivity index (χ3n) is 2.25. The molecule has 76 valence electrons. The summed E-state index contributed by atoms with van der Waals surface area (Å²) in [6.07, 6.45) is 3.92. The van der Waals surface area contributed by atoms with Crippen molar-refractivity contribution in [3.63, 3.8) is 0 Å². The molecule has 1 aliphatic rings. The first-order valence-corrected chi connectivity index (χ1v) is 7.14. The summed E-state index contributed by atoms with van der Waals surface area (Å²) in [4.78, 5) is 0. The van der Waals surface area contributed by atoms with Crippen molar-refractivity contribution in [3.05, 3.63) is 0 Å². The minimum Gasteiger partial charge on any atom is -0.103 e. The van der Waals surface area contributed by atoms with Crippen LogP contribution < -0.4 is 0 Å². The van der Waals surface area contributed by atoms with Crippen LogP contribution in [0, 0.1) is 35.5 Å². The van der Waals surface area contributed by atoms with Gasteiger partial charge in [-0.15, -0.1) is 23.7 Å². The topological polar surface area (TPSA) is 0 Å². The molecule has 0 atom stereocenters. The molecule has 0 N–H and O–H groups in total. The van der Waals surface area contributed by atoms with Crippen molar-refractivity contribution in [1.82, 2.24) is 0 Å². The van der Waals surface area contributed by atoms with Gasteiger partial charge in [-0.25, -0.2) is 0 Å². The van der Waals surface area contributed by atoms with Gasteiger partial charge in [0.1, 0.15) is 0 Å². The first kappa shape index (κ1) is 12.2. The van der Waals surface area contributed by atoms with Gasteiger partial charge in [0.05, 0.1) is 0 Å². The highest BCUT2D eigenvalue weighted by molar-refractivity contribution is 9.09. The fraction of sp³-hybridized carbons (Fsp3) is 0.667.